The Bertz CT molecular complexity index is 120. The van der Waals surface area contributed by atoms with Crippen LogP contribution in [0.1, 0.15) is 48.5 Å². The van der Waals surface area contributed by atoms with Crippen molar-refractivity contribution in [3.05, 3.63) is 0 Å². The zero-order valence-corrected chi connectivity index (χ0v) is 8.95. The molecule has 0 spiro atoms. The molecule has 0 aromatic heterocycles. The first-order chi connectivity index (χ1) is 4.56. The molecule has 0 heterocycles. The molecule has 0 rings (SSSR count). The van der Waals surface area contributed by atoms with E-state index < -0.39 is 0 Å². The SMILES string of the molecule is CC(C)(C)C.CC(C)(C)C#N. The summed E-state index contributed by atoms with van der Waals surface area (Å²) >= 11 is 0. The van der Waals surface area contributed by atoms with Gasteiger partial charge < -0.3 is 0 Å². The summed E-state index contributed by atoms with van der Waals surface area (Å²) < 4.78 is 0. The van der Waals surface area contributed by atoms with Gasteiger partial charge in [0.15, 0.2) is 0 Å². The lowest BCUT2D eigenvalue weighted by molar-refractivity contribution is 0.469. The average Bonchev–Trinajstić information content (AvgIpc) is 1.59. The first-order valence-corrected chi connectivity index (χ1v) is 3.97. The van der Waals surface area contributed by atoms with Crippen LogP contribution < -0.4 is 0 Å². The Morgan fingerprint density at radius 1 is 0.818 bits per heavy atom. The highest BCUT2D eigenvalue weighted by atomic mass is 14.3. The molecule has 0 saturated heterocycles. The Balaban J connectivity index is 0. The van der Waals surface area contributed by atoms with Crippen LogP contribution in [-0.4, -0.2) is 0 Å². The van der Waals surface area contributed by atoms with Crippen LogP contribution in [-0.2, 0) is 0 Å². The minimum atomic E-state index is -0.153. The van der Waals surface area contributed by atoms with Gasteiger partial charge in [-0.05, 0) is 26.2 Å². The quantitative estimate of drug-likeness (QED) is 0.524. The minimum absolute atomic E-state index is 0.153. The van der Waals surface area contributed by atoms with Crippen LogP contribution in [0.25, 0.3) is 0 Å². The normalized spacial score (nSPS) is 11.1. The second-order valence-corrected chi connectivity index (χ2v) is 5.36. The fourth-order valence-electron chi connectivity index (χ4n) is 0. The summed E-state index contributed by atoms with van der Waals surface area (Å²) in [6.45, 7) is 14.4. The lowest BCUT2D eigenvalue weighted by Gasteiger charge is -2.05. The third-order valence-electron chi connectivity index (χ3n) is 0.335. The molecule has 0 bridgehead atoms. The van der Waals surface area contributed by atoms with E-state index >= 15 is 0 Å². The van der Waals surface area contributed by atoms with E-state index in [1.807, 2.05) is 20.8 Å². The van der Waals surface area contributed by atoms with Crippen LogP contribution in [0.2, 0.25) is 0 Å². The summed E-state index contributed by atoms with van der Waals surface area (Å²) in [5.74, 6) is 0. The third-order valence-corrected chi connectivity index (χ3v) is 0.335. The van der Waals surface area contributed by atoms with Gasteiger partial charge in [-0.15, -0.1) is 0 Å². The molecule has 0 aliphatic carbocycles. The minimum Gasteiger partial charge on any atom is -0.198 e. The number of nitriles is 1. The molecule has 0 aromatic carbocycles. The van der Waals surface area contributed by atoms with Gasteiger partial charge in [0.25, 0.3) is 0 Å². The number of rotatable bonds is 0. The summed E-state index contributed by atoms with van der Waals surface area (Å²) in [5.41, 5.74) is 0.347. The van der Waals surface area contributed by atoms with Gasteiger partial charge in [-0.2, -0.15) is 5.26 Å². The van der Waals surface area contributed by atoms with Gasteiger partial charge in [0.2, 0.25) is 0 Å². The molecule has 0 aliphatic rings. The summed E-state index contributed by atoms with van der Waals surface area (Å²) in [6.07, 6.45) is 0. The van der Waals surface area contributed by atoms with Crippen molar-refractivity contribution in [1.82, 2.24) is 0 Å². The van der Waals surface area contributed by atoms with Crippen LogP contribution in [0.5, 0.6) is 0 Å². The zero-order valence-electron chi connectivity index (χ0n) is 8.95. The summed E-state index contributed by atoms with van der Waals surface area (Å²) in [5, 5.41) is 8.15. The lowest BCUT2D eigenvalue weighted by atomic mass is 10.0. The Morgan fingerprint density at radius 2 is 0.909 bits per heavy atom. The highest BCUT2D eigenvalue weighted by molar-refractivity contribution is 4.86. The van der Waals surface area contributed by atoms with Gasteiger partial charge in [0.05, 0.1) is 6.07 Å². The second kappa shape index (κ2) is 4.38. The smallest absolute Gasteiger partial charge is 0.0680 e. The largest absolute Gasteiger partial charge is 0.198 e. The van der Waals surface area contributed by atoms with Crippen molar-refractivity contribution in [3.63, 3.8) is 0 Å². The maximum absolute atomic E-state index is 8.15. The molecule has 1 nitrogen and oxygen atoms in total. The number of hydrogen-bond acceptors (Lipinski definition) is 1. The van der Waals surface area contributed by atoms with Gasteiger partial charge in [-0.1, -0.05) is 27.7 Å². The van der Waals surface area contributed by atoms with Crippen LogP contribution in [0.4, 0.5) is 0 Å². The average molecular weight is 155 g/mol. The Morgan fingerprint density at radius 3 is 0.909 bits per heavy atom. The molecule has 0 unspecified atom stereocenters. The fourth-order valence-corrected chi connectivity index (χ4v) is 0. The fraction of sp³-hybridized carbons (Fsp3) is 0.900. The standard InChI is InChI=1S/C5H9N.C5H12/c1-5(2,3)4-6;1-5(2,3)4/h1-3H3;1-4H3. The third kappa shape index (κ3) is 85.9. The molecule has 1 heteroatoms. The monoisotopic (exact) mass is 155 g/mol. The molecular formula is C10H21N. The van der Waals surface area contributed by atoms with Crippen LogP contribution in [0.15, 0.2) is 0 Å². The maximum atomic E-state index is 8.15. The van der Waals surface area contributed by atoms with E-state index in [2.05, 4.69) is 33.8 Å². The van der Waals surface area contributed by atoms with E-state index in [1.54, 1.807) is 0 Å². The molecule has 0 fully saturated rings. The van der Waals surface area contributed by atoms with E-state index in [9.17, 15) is 0 Å². The van der Waals surface area contributed by atoms with E-state index in [0.717, 1.165) is 0 Å². The zero-order chi connectivity index (χ0) is 9.71. The molecular weight excluding hydrogens is 134 g/mol. The predicted molar refractivity (Wildman–Crippen MR) is 50.2 cm³/mol. The molecule has 0 saturated carbocycles. The molecule has 0 N–H and O–H groups in total. The van der Waals surface area contributed by atoms with Crippen molar-refractivity contribution < 1.29 is 0 Å². The Labute approximate surface area is 71.4 Å². The molecule has 0 aromatic rings. The molecule has 11 heavy (non-hydrogen) atoms. The van der Waals surface area contributed by atoms with Crippen molar-refractivity contribution in [2.75, 3.05) is 0 Å². The maximum Gasteiger partial charge on any atom is 0.0680 e. The summed E-state index contributed by atoms with van der Waals surface area (Å²) in [7, 11) is 0. The van der Waals surface area contributed by atoms with Crippen LogP contribution >= 0.6 is 0 Å². The Hall–Kier alpha value is -0.510. The number of hydrogen-bond donors (Lipinski definition) is 0. The van der Waals surface area contributed by atoms with Crippen molar-refractivity contribution in [1.29, 1.82) is 5.26 Å². The van der Waals surface area contributed by atoms with Gasteiger partial charge >= 0.3 is 0 Å². The van der Waals surface area contributed by atoms with Crippen molar-refractivity contribution in [3.8, 4) is 6.07 Å². The van der Waals surface area contributed by atoms with Gasteiger partial charge in [-0.3, -0.25) is 0 Å². The van der Waals surface area contributed by atoms with E-state index in [0.29, 0.717) is 5.41 Å². The van der Waals surface area contributed by atoms with Crippen molar-refractivity contribution in [2.45, 2.75) is 48.5 Å². The highest BCUT2D eigenvalue weighted by Gasteiger charge is 2.04. The molecule has 0 amide bonds. The summed E-state index contributed by atoms with van der Waals surface area (Å²) in [6, 6.07) is 2.10. The van der Waals surface area contributed by atoms with E-state index in [1.165, 1.54) is 0 Å². The lowest BCUT2D eigenvalue weighted by Crippen LogP contribution is -1.97. The molecule has 66 valence electrons. The van der Waals surface area contributed by atoms with Crippen molar-refractivity contribution >= 4 is 0 Å². The van der Waals surface area contributed by atoms with Crippen molar-refractivity contribution in [2.24, 2.45) is 10.8 Å². The van der Waals surface area contributed by atoms with Crippen LogP contribution in [0, 0.1) is 22.2 Å². The van der Waals surface area contributed by atoms with E-state index in [4.69, 9.17) is 5.26 Å². The first kappa shape index (κ1) is 13.1. The molecule has 0 aliphatic heterocycles. The second-order valence-electron chi connectivity index (χ2n) is 5.36. The first-order valence-electron chi connectivity index (χ1n) is 3.97. The highest BCUT2D eigenvalue weighted by Crippen LogP contribution is 2.08. The molecule has 0 atom stereocenters. The van der Waals surface area contributed by atoms with Gasteiger partial charge in [-0.25, -0.2) is 0 Å². The van der Waals surface area contributed by atoms with Gasteiger partial charge in [0.1, 0.15) is 0 Å². The number of nitrogens with zero attached hydrogens (tertiary/aromatic N) is 1. The van der Waals surface area contributed by atoms with Gasteiger partial charge in [0, 0.05) is 5.41 Å². The van der Waals surface area contributed by atoms with E-state index in [-0.39, 0.29) is 5.41 Å². The molecule has 0 radical (unpaired) electrons. The van der Waals surface area contributed by atoms with Crippen LogP contribution in [0.3, 0.4) is 0 Å². The summed E-state index contributed by atoms with van der Waals surface area (Å²) in [4.78, 5) is 0. The Kier molecular flexibility index (Phi) is 5.22. The predicted octanol–water partition coefficient (Wildman–Crippen LogP) is 3.61. The topological polar surface area (TPSA) is 23.8 Å².